The molecule has 1 N–H and O–H groups in total. The number of ether oxygens (including phenoxy) is 3. The number of aromatic nitrogens is 1. The number of anilines is 1. The molecule has 3 rings (SSSR count). The van der Waals surface area contributed by atoms with Gasteiger partial charge in [0.05, 0.1) is 0 Å². The highest BCUT2D eigenvalue weighted by Crippen LogP contribution is 2.30. The molecule has 2 aromatic rings. The van der Waals surface area contributed by atoms with Crippen LogP contribution in [-0.4, -0.2) is 43.1 Å². The number of carbonyl (C=O) groups is 2. The highest BCUT2D eigenvalue weighted by molar-refractivity contribution is 7.13. The van der Waals surface area contributed by atoms with Gasteiger partial charge in [-0.05, 0) is 30.5 Å². The number of hydrogen-bond donors (Lipinski definition) is 1. The molecule has 0 saturated heterocycles. The topological polar surface area (TPSA) is 86.8 Å². The average molecular weight is 390 g/mol. The lowest BCUT2D eigenvalue weighted by Gasteiger charge is -2.18. The van der Waals surface area contributed by atoms with Crippen LogP contribution in [-0.2, 0) is 4.74 Å². The molecule has 0 radical (unpaired) electrons. The molecule has 0 spiro atoms. The molecule has 27 heavy (non-hydrogen) atoms. The molecule has 0 amide bonds. The second-order valence-electron chi connectivity index (χ2n) is 6.50. The fourth-order valence-electron chi connectivity index (χ4n) is 2.42. The molecule has 8 heteroatoms. The molecule has 1 aliphatic rings. The molecule has 0 aliphatic carbocycles. The lowest BCUT2D eigenvalue weighted by molar-refractivity contribution is 0.0469. The van der Waals surface area contributed by atoms with Crippen molar-refractivity contribution in [3.05, 3.63) is 34.8 Å². The Kier molecular flexibility index (Phi) is 6.28. The second kappa shape index (κ2) is 8.85. The van der Waals surface area contributed by atoms with Crippen LogP contribution in [0.25, 0.3) is 0 Å². The Morgan fingerprint density at radius 3 is 2.81 bits per heavy atom. The van der Waals surface area contributed by atoms with Gasteiger partial charge in [0, 0.05) is 17.5 Å². The molecular formula is C19H22N2O5S. The highest BCUT2D eigenvalue weighted by Gasteiger charge is 2.18. The summed E-state index contributed by atoms with van der Waals surface area (Å²) in [6.45, 7) is 5.65. The fourth-order valence-corrected chi connectivity index (χ4v) is 3.13. The van der Waals surface area contributed by atoms with E-state index in [0.29, 0.717) is 41.3 Å². The zero-order valence-electron chi connectivity index (χ0n) is 15.3. The fraction of sp³-hybridized carbons (Fsp3) is 0.421. The van der Waals surface area contributed by atoms with Crippen molar-refractivity contribution >= 4 is 28.2 Å². The van der Waals surface area contributed by atoms with Gasteiger partial charge in [-0.2, -0.15) is 0 Å². The summed E-state index contributed by atoms with van der Waals surface area (Å²) in [6, 6.07) is 4.91. The third-order valence-electron chi connectivity index (χ3n) is 3.91. The number of nitrogens with one attached hydrogen (secondary N) is 1. The summed E-state index contributed by atoms with van der Waals surface area (Å²) >= 11 is 1.34. The summed E-state index contributed by atoms with van der Waals surface area (Å²) in [5, 5.41) is 5.46. The molecule has 144 valence electrons. The molecule has 1 aliphatic heterocycles. The number of benzene rings is 1. The van der Waals surface area contributed by atoms with E-state index in [9.17, 15) is 9.59 Å². The monoisotopic (exact) mass is 390 g/mol. The summed E-state index contributed by atoms with van der Waals surface area (Å²) in [7, 11) is 0. The maximum atomic E-state index is 12.3. The first kappa shape index (κ1) is 19.2. The Morgan fingerprint density at radius 1 is 1.26 bits per heavy atom. The number of thiazole rings is 1. The number of esters is 1. The molecular weight excluding hydrogens is 368 g/mol. The van der Waals surface area contributed by atoms with E-state index in [-0.39, 0.29) is 18.1 Å². The minimum atomic E-state index is -0.617. The van der Waals surface area contributed by atoms with Crippen LogP contribution in [0.5, 0.6) is 11.5 Å². The Hall–Kier alpha value is -2.61. The minimum Gasteiger partial charge on any atom is -0.486 e. The number of fused-ring (bicyclic) bond motifs is 1. The van der Waals surface area contributed by atoms with E-state index in [1.54, 1.807) is 23.6 Å². The van der Waals surface area contributed by atoms with Crippen molar-refractivity contribution in [1.29, 1.82) is 0 Å². The third-order valence-corrected chi connectivity index (χ3v) is 4.71. The molecule has 0 atom stereocenters. The Labute approximate surface area is 161 Å². The van der Waals surface area contributed by atoms with Crippen LogP contribution < -0.4 is 14.8 Å². The molecule has 0 unspecified atom stereocenters. The predicted molar refractivity (Wildman–Crippen MR) is 102 cm³/mol. The van der Waals surface area contributed by atoms with Crippen LogP contribution >= 0.6 is 11.3 Å². The van der Waals surface area contributed by atoms with Gasteiger partial charge < -0.3 is 19.5 Å². The molecule has 0 bridgehead atoms. The summed E-state index contributed by atoms with van der Waals surface area (Å²) in [5.74, 6) is 0.790. The first-order chi connectivity index (χ1) is 13.0. The summed E-state index contributed by atoms with van der Waals surface area (Å²) < 4.78 is 16.0. The lowest BCUT2D eigenvalue weighted by Crippen LogP contribution is -2.17. The van der Waals surface area contributed by atoms with Crippen LogP contribution in [0.2, 0.25) is 0 Å². The minimum absolute atomic E-state index is 0.196. The SMILES string of the molecule is CC(C)CCNc1nc(C(=O)OCC(=O)c2ccc3c(c2)OCCO3)cs1. The third kappa shape index (κ3) is 5.19. The number of carbonyl (C=O) groups excluding carboxylic acids is 2. The summed E-state index contributed by atoms with van der Waals surface area (Å²) in [6.07, 6.45) is 1.02. The highest BCUT2D eigenvalue weighted by atomic mass is 32.1. The van der Waals surface area contributed by atoms with Gasteiger partial charge in [-0.1, -0.05) is 13.8 Å². The van der Waals surface area contributed by atoms with Crippen molar-refractivity contribution in [2.24, 2.45) is 5.92 Å². The smallest absolute Gasteiger partial charge is 0.358 e. The maximum Gasteiger partial charge on any atom is 0.358 e. The average Bonchev–Trinajstić information content (AvgIpc) is 3.14. The standard InChI is InChI=1S/C19H22N2O5S/c1-12(2)5-6-20-19-21-14(11-27-19)18(23)26-10-15(22)13-3-4-16-17(9-13)25-8-7-24-16/h3-4,9,11-12H,5-8,10H2,1-2H3,(H,20,21). The van der Waals surface area contributed by atoms with E-state index >= 15 is 0 Å². The quantitative estimate of drug-likeness (QED) is 0.546. The molecule has 0 saturated carbocycles. The molecule has 1 aromatic heterocycles. The normalized spacial score (nSPS) is 12.7. The first-order valence-corrected chi connectivity index (χ1v) is 9.70. The van der Waals surface area contributed by atoms with Gasteiger partial charge in [0.2, 0.25) is 0 Å². The Balaban J connectivity index is 1.51. The van der Waals surface area contributed by atoms with E-state index in [0.717, 1.165) is 13.0 Å². The van der Waals surface area contributed by atoms with Gasteiger partial charge in [0.15, 0.2) is 34.7 Å². The van der Waals surface area contributed by atoms with Crippen molar-refractivity contribution in [3.63, 3.8) is 0 Å². The van der Waals surface area contributed by atoms with Crippen molar-refractivity contribution in [3.8, 4) is 11.5 Å². The molecule has 1 aromatic carbocycles. The van der Waals surface area contributed by atoms with Crippen LogP contribution in [0.1, 0.15) is 41.1 Å². The maximum absolute atomic E-state index is 12.3. The number of hydrogen-bond acceptors (Lipinski definition) is 8. The second-order valence-corrected chi connectivity index (χ2v) is 7.36. The van der Waals surface area contributed by atoms with Crippen molar-refractivity contribution in [1.82, 2.24) is 4.98 Å². The van der Waals surface area contributed by atoms with Crippen LogP contribution in [0.3, 0.4) is 0 Å². The van der Waals surface area contributed by atoms with Crippen LogP contribution in [0.4, 0.5) is 5.13 Å². The van der Waals surface area contributed by atoms with Crippen molar-refractivity contribution in [2.75, 3.05) is 31.7 Å². The van der Waals surface area contributed by atoms with Crippen molar-refractivity contribution in [2.45, 2.75) is 20.3 Å². The Bertz CT molecular complexity index is 818. The lowest BCUT2D eigenvalue weighted by atomic mass is 10.1. The van der Waals surface area contributed by atoms with E-state index < -0.39 is 5.97 Å². The van der Waals surface area contributed by atoms with Gasteiger partial charge >= 0.3 is 5.97 Å². The van der Waals surface area contributed by atoms with Gasteiger partial charge in [-0.15, -0.1) is 11.3 Å². The van der Waals surface area contributed by atoms with Gasteiger partial charge in [-0.3, -0.25) is 4.79 Å². The number of Topliss-reactive ketones (excluding diaryl/α,β-unsaturated/α-hetero) is 1. The number of rotatable bonds is 8. The van der Waals surface area contributed by atoms with E-state index in [2.05, 4.69) is 24.1 Å². The van der Waals surface area contributed by atoms with Gasteiger partial charge in [0.1, 0.15) is 13.2 Å². The Morgan fingerprint density at radius 2 is 2.04 bits per heavy atom. The predicted octanol–water partition coefficient (Wildman–Crippen LogP) is 3.41. The van der Waals surface area contributed by atoms with Crippen LogP contribution in [0, 0.1) is 5.92 Å². The van der Waals surface area contributed by atoms with E-state index in [1.165, 1.54) is 11.3 Å². The van der Waals surface area contributed by atoms with Gasteiger partial charge in [0.25, 0.3) is 0 Å². The van der Waals surface area contributed by atoms with E-state index in [4.69, 9.17) is 14.2 Å². The number of nitrogens with zero attached hydrogens (tertiary/aromatic N) is 1. The zero-order valence-corrected chi connectivity index (χ0v) is 16.1. The summed E-state index contributed by atoms with van der Waals surface area (Å²) in [4.78, 5) is 28.6. The zero-order chi connectivity index (χ0) is 19.2. The van der Waals surface area contributed by atoms with Crippen LogP contribution in [0.15, 0.2) is 23.6 Å². The van der Waals surface area contributed by atoms with E-state index in [1.807, 2.05) is 0 Å². The largest absolute Gasteiger partial charge is 0.486 e. The summed E-state index contributed by atoms with van der Waals surface area (Å²) in [5.41, 5.74) is 0.600. The van der Waals surface area contributed by atoms with Gasteiger partial charge in [-0.25, -0.2) is 9.78 Å². The van der Waals surface area contributed by atoms with Crippen molar-refractivity contribution < 1.29 is 23.8 Å². The number of ketones is 1. The molecule has 7 nitrogen and oxygen atoms in total. The first-order valence-electron chi connectivity index (χ1n) is 8.82. The molecule has 2 heterocycles. The molecule has 0 fully saturated rings.